The fraction of sp³-hybridized carbons (Fsp3) is 0.471. The molecule has 3 N–H and O–H groups in total. The van der Waals surface area contributed by atoms with Crippen LogP contribution in [-0.2, 0) is 19.6 Å². The van der Waals surface area contributed by atoms with Crippen LogP contribution in [-0.4, -0.2) is 47.3 Å². The number of benzene rings is 1. The number of rotatable bonds is 12. The smallest absolute Gasteiger partial charge is 0.321 e. The highest BCUT2D eigenvalue weighted by molar-refractivity contribution is 8.01. The molecule has 0 unspecified atom stereocenters. The lowest BCUT2D eigenvalue weighted by molar-refractivity contribution is -0.140. The topological polar surface area (TPSA) is 134 Å². The second-order valence-electron chi connectivity index (χ2n) is 6.11. The van der Waals surface area contributed by atoms with Gasteiger partial charge in [0.1, 0.15) is 6.04 Å². The van der Waals surface area contributed by atoms with Gasteiger partial charge in [-0.25, -0.2) is 13.4 Å². The minimum absolute atomic E-state index is 0.0762. The number of carbonyl (C=O) groups is 2. The first-order chi connectivity index (χ1) is 13.2. The van der Waals surface area contributed by atoms with E-state index in [2.05, 4.69) is 16.6 Å². The van der Waals surface area contributed by atoms with Crippen molar-refractivity contribution in [1.29, 1.82) is 0 Å². The number of thioether (sulfide) groups is 1. The number of nitrogens with zero attached hydrogens (tertiary/aromatic N) is 1. The van der Waals surface area contributed by atoms with Gasteiger partial charge in [0.15, 0.2) is 4.34 Å². The minimum Gasteiger partial charge on any atom is -0.481 e. The minimum atomic E-state index is -4.11. The molecular formula is C17H22N2O6S3. The number of hydrogen-bond acceptors (Lipinski definition) is 7. The highest BCUT2D eigenvalue weighted by atomic mass is 32.2. The molecule has 28 heavy (non-hydrogen) atoms. The largest absolute Gasteiger partial charge is 0.481 e. The summed E-state index contributed by atoms with van der Waals surface area (Å²) >= 11 is 3.02. The van der Waals surface area contributed by atoms with Crippen LogP contribution in [0.15, 0.2) is 27.4 Å². The molecule has 0 radical (unpaired) electrons. The molecule has 2 rings (SSSR count). The second kappa shape index (κ2) is 10.2. The van der Waals surface area contributed by atoms with E-state index in [-0.39, 0.29) is 11.3 Å². The quantitative estimate of drug-likeness (QED) is 0.334. The standard InChI is InChI=1S/C17H22N2O6S3/c1-2-3-4-9-26-17-18-12-6-5-11(10-14(12)27-17)28(24,25)19-13(16(22)23)7-8-15(20)21/h5-6,10,13,19H,2-4,7-9H2,1H3,(H,20,21)(H,22,23)/t13-/m1/s1. The Bertz CT molecular complexity index is 942. The summed E-state index contributed by atoms with van der Waals surface area (Å²) in [5, 5.41) is 17.9. The van der Waals surface area contributed by atoms with E-state index in [4.69, 9.17) is 10.2 Å². The van der Waals surface area contributed by atoms with Crippen molar-refractivity contribution in [3.63, 3.8) is 0 Å². The number of aliphatic carboxylic acids is 2. The Morgan fingerprint density at radius 1 is 1.29 bits per heavy atom. The van der Waals surface area contributed by atoms with Gasteiger partial charge in [-0.05, 0) is 31.0 Å². The number of hydrogen-bond donors (Lipinski definition) is 3. The van der Waals surface area contributed by atoms with Crippen LogP contribution in [0, 0.1) is 0 Å². The van der Waals surface area contributed by atoms with Crippen molar-refractivity contribution < 1.29 is 28.2 Å². The van der Waals surface area contributed by atoms with Crippen molar-refractivity contribution in [2.45, 2.75) is 54.3 Å². The first-order valence-corrected chi connectivity index (χ1v) is 12.0. The molecule has 0 fully saturated rings. The number of thiazole rings is 1. The van der Waals surface area contributed by atoms with Gasteiger partial charge in [0.25, 0.3) is 0 Å². The summed E-state index contributed by atoms with van der Waals surface area (Å²) in [5.41, 5.74) is 0.683. The second-order valence-corrected chi connectivity index (χ2v) is 10.2. The van der Waals surface area contributed by atoms with Crippen LogP contribution in [0.2, 0.25) is 0 Å². The zero-order valence-corrected chi connectivity index (χ0v) is 17.7. The van der Waals surface area contributed by atoms with Crippen molar-refractivity contribution in [3.05, 3.63) is 18.2 Å². The van der Waals surface area contributed by atoms with Gasteiger partial charge >= 0.3 is 11.9 Å². The van der Waals surface area contributed by atoms with Crippen molar-refractivity contribution >= 4 is 55.3 Å². The van der Waals surface area contributed by atoms with Crippen molar-refractivity contribution in [2.24, 2.45) is 0 Å². The van der Waals surface area contributed by atoms with Gasteiger partial charge in [0.05, 0.1) is 15.1 Å². The number of fused-ring (bicyclic) bond motifs is 1. The summed E-state index contributed by atoms with van der Waals surface area (Å²) in [5.74, 6) is -1.67. The Morgan fingerprint density at radius 2 is 2.04 bits per heavy atom. The van der Waals surface area contributed by atoms with Gasteiger partial charge in [-0.15, -0.1) is 11.3 Å². The van der Waals surface area contributed by atoms with Crippen LogP contribution in [0.25, 0.3) is 10.2 Å². The maximum atomic E-state index is 12.5. The number of aromatic nitrogens is 1. The van der Waals surface area contributed by atoms with Crippen molar-refractivity contribution in [2.75, 3.05) is 5.75 Å². The predicted octanol–water partition coefficient (Wildman–Crippen LogP) is 3.17. The summed E-state index contributed by atoms with van der Waals surface area (Å²) in [6, 6.07) is 2.90. The van der Waals surface area contributed by atoms with Crippen LogP contribution in [0.4, 0.5) is 0 Å². The molecule has 1 aromatic carbocycles. The molecule has 0 saturated carbocycles. The first kappa shape index (κ1) is 22.6. The summed E-state index contributed by atoms with van der Waals surface area (Å²) in [7, 11) is -4.11. The highest BCUT2D eigenvalue weighted by Crippen LogP contribution is 2.31. The maximum Gasteiger partial charge on any atom is 0.321 e. The fourth-order valence-electron chi connectivity index (χ4n) is 2.38. The molecule has 0 spiro atoms. The van der Waals surface area contributed by atoms with E-state index in [9.17, 15) is 18.0 Å². The molecule has 0 aliphatic heterocycles. The van der Waals surface area contributed by atoms with Crippen LogP contribution < -0.4 is 4.72 Å². The molecule has 1 heterocycles. The summed E-state index contributed by atoms with van der Waals surface area (Å²) in [4.78, 5) is 26.3. The Kier molecular flexibility index (Phi) is 8.23. The first-order valence-electron chi connectivity index (χ1n) is 8.73. The lowest BCUT2D eigenvalue weighted by atomic mass is 10.2. The van der Waals surface area contributed by atoms with Crippen LogP contribution in [0.3, 0.4) is 0 Å². The van der Waals surface area contributed by atoms with Gasteiger partial charge in [0.2, 0.25) is 10.0 Å². The number of nitrogens with one attached hydrogen (secondary N) is 1. The molecule has 154 valence electrons. The van der Waals surface area contributed by atoms with Gasteiger partial charge in [-0.3, -0.25) is 9.59 Å². The van der Waals surface area contributed by atoms with E-state index in [1.807, 2.05) is 0 Å². The number of sulfonamides is 1. The number of unbranched alkanes of at least 4 members (excludes halogenated alkanes) is 2. The van der Waals surface area contributed by atoms with Gasteiger partial charge in [0, 0.05) is 12.2 Å². The lowest BCUT2D eigenvalue weighted by Crippen LogP contribution is -2.41. The summed E-state index contributed by atoms with van der Waals surface area (Å²) in [6.07, 6.45) is 2.59. The average Bonchev–Trinajstić information content (AvgIpc) is 3.03. The van der Waals surface area contributed by atoms with E-state index < -0.39 is 34.4 Å². The van der Waals surface area contributed by atoms with E-state index in [1.165, 1.54) is 23.5 Å². The molecule has 0 aliphatic rings. The molecule has 1 atom stereocenters. The maximum absolute atomic E-state index is 12.5. The zero-order valence-electron chi connectivity index (χ0n) is 15.3. The normalized spacial score (nSPS) is 12.9. The zero-order chi connectivity index (χ0) is 20.7. The Labute approximate surface area is 171 Å². The van der Waals surface area contributed by atoms with Gasteiger partial charge < -0.3 is 10.2 Å². The highest BCUT2D eigenvalue weighted by Gasteiger charge is 2.26. The average molecular weight is 447 g/mol. The van der Waals surface area contributed by atoms with Crippen LogP contribution >= 0.6 is 23.1 Å². The van der Waals surface area contributed by atoms with E-state index >= 15 is 0 Å². The van der Waals surface area contributed by atoms with Crippen molar-refractivity contribution in [3.8, 4) is 0 Å². The summed E-state index contributed by atoms with van der Waals surface area (Å²) in [6.45, 7) is 2.13. The molecule has 0 amide bonds. The third kappa shape index (κ3) is 6.43. The lowest BCUT2D eigenvalue weighted by Gasteiger charge is -2.13. The van der Waals surface area contributed by atoms with Crippen molar-refractivity contribution in [1.82, 2.24) is 9.71 Å². The summed E-state index contributed by atoms with van der Waals surface area (Å²) < 4.78 is 28.7. The number of carboxylic acid groups (broad SMARTS) is 2. The number of carboxylic acids is 2. The molecular weight excluding hydrogens is 424 g/mol. The van der Waals surface area contributed by atoms with Crippen LogP contribution in [0.1, 0.15) is 39.0 Å². The van der Waals surface area contributed by atoms with E-state index in [0.717, 1.165) is 29.4 Å². The monoisotopic (exact) mass is 446 g/mol. The molecule has 1 aromatic heterocycles. The van der Waals surface area contributed by atoms with Crippen LogP contribution in [0.5, 0.6) is 0 Å². The molecule has 2 aromatic rings. The Balaban J connectivity index is 2.15. The molecule has 8 nitrogen and oxygen atoms in total. The third-order valence-electron chi connectivity index (χ3n) is 3.87. The predicted molar refractivity (Wildman–Crippen MR) is 108 cm³/mol. The molecule has 11 heteroatoms. The molecule has 0 aliphatic carbocycles. The third-order valence-corrected chi connectivity index (χ3v) is 7.58. The van der Waals surface area contributed by atoms with E-state index in [1.54, 1.807) is 17.8 Å². The Morgan fingerprint density at radius 3 is 2.68 bits per heavy atom. The molecule has 0 saturated heterocycles. The molecule has 0 bridgehead atoms. The Hall–Kier alpha value is -1.69. The fourth-order valence-corrected chi connectivity index (χ4v) is 5.88. The van der Waals surface area contributed by atoms with E-state index in [0.29, 0.717) is 10.2 Å². The van der Waals surface area contributed by atoms with Gasteiger partial charge in [-0.1, -0.05) is 31.5 Å². The van der Waals surface area contributed by atoms with Gasteiger partial charge in [-0.2, -0.15) is 4.72 Å². The SMILES string of the molecule is CCCCCSc1nc2ccc(S(=O)(=O)N[C@H](CCC(=O)O)C(=O)O)cc2s1.